The Bertz CT molecular complexity index is 333. The van der Waals surface area contributed by atoms with Crippen molar-refractivity contribution < 1.29 is 9.53 Å². The molecule has 0 aromatic heterocycles. The lowest BCUT2D eigenvalue weighted by Crippen LogP contribution is -2.38. The first-order valence-corrected chi connectivity index (χ1v) is 10.9. The molecule has 0 radical (unpaired) electrons. The first-order chi connectivity index (χ1) is 12.0. The van der Waals surface area contributed by atoms with Crippen LogP contribution in [0.5, 0.6) is 0 Å². The van der Waals surface area contributed by atoms with Gasteiger partial charge in [-0.15, -0.1) is 0 Å². The standard InChI is InChI=1S/C22H43NO2/c1-19(2)22(24)13-11-9-7-5-6-8-10-12-16-23-17-14-21(15-18-23)25-20(3)4/h19-21H,5-18H2,1-4H3. The van der Waals surface area contributed by atoms with Gasteiger partial charge in [-0.05, 0) is 46.1 Å². The highest BCUT2D eigenvalue weighted by Crippen LogP contribution is 2.16. The molecule has 3 nitrogen and oxygen atoms in total. The van der Waals surface area contributed by atoms with E-state index in [1.165, 1.54) is 77.4 Å². The van der Waals surface area contributed by atoms with Crippen molar-refractivity contribution >= 4 is 5.78 Å². The van der Waals surface area contributed by atoms with Crippen molar-refractivity contribution in [2.24, 2.45) is 5.92 Å². The zero-order chi connectivity index (χ0) is 18.5. The van der Waals surface area contributed by atoms with Crippen LogP contribution < -0.4 is 0 Å². The third-order valence-electron chi connectivity index (χ3n) is 5.29. The van der Waals surface area contributed by atoms with E-state index in [-0.39, 0.29) is 5.92 Å². The second-order valence-electron chi connectivity index (χ2n) is 8.43. The summed E-state index contributed by atoms with van der Waals surface area (Å²) in [4.78, 5) is 14.2. The zero-order valence-corrected chi connectivity index (χ0v) is 17.4. The number of piperidine rings is 1. The third kappa shape index (κ3) is 11.8. The molecular formula is C22H43NO2. The first-order valence-electron chi connectivity index (χ1n) is 10.9. The summed E-state index contributed by atoms with van der Waals surface area (Å²) in [6, 6.07) is 0. The van der Waals surface area contributed by atoms with Gasteiger partial charge in [0.05, 0.1) is 12.2 Å². The molecule has 148 valence electrons. The van der Waals surface area contributed by atoms with Crippen LogP contribution >= 0.6 is 0 Å². The summed E-state index contributed by atoms with van der Waals surface area (Å²) < 4.78 is 5.92. The third-order valence-corrected chi connectivity index (χ3v) is 5.29. The first kappa shape index (κ1) is 22.6. The van der Waals surface area contributed by atoms with E-state index >= 15 is 0 Å². The smallest absolute Gasteiger partial charge is 0.135 e. The van der Waals surface area contributed by atoms with Gasteiger partial charge in [-0.25, -0.2) is 0 Å². The second-order valence-corrected chi connectivity index (χ2v) is 8.43. The molecule has 1 rings (SSSR count). The molecular weight excluding hydrogens is 310 g/mol. The summed E-state index contributed by atoms with van der Waals surface area (Å²) in [6.45, 7) is 12.0. The van der Waals surface area contributed by atoms with E-state index in [2.05, 4.69) is 18.7 Å². The van der Waals surface area contributed by atoms with E-state index in [4.69, 9.17) is 4.74 Å². The zero-order valence-electron chi connectivity index (χ0n) is 17.4. The largest absolute Gasteiger partial charge is 0.375 e. The molecule has 0 spiro atoms. The van der Waals surface area contributed by atoms with Crippen LogP contribution in [-0.4, -0.2) is 42.5 Å². The molecule has 25 heavy (non-hydrogen) atoms. The number of carbonyl (C=O) groups is 1. The fourth-order valence-electron chi connectivity index (χ4n) is 3.64. The quantitative estimate of drug-likeness (QED) is 0.380. The highest BCUT2D eigenvalue weighted by atomic mass is 16.5. The number of ketones is 1. The number of hydrogen-bond donors (Lipinski definition) is 0. The lowest BCUT2D eigenvalue weighted by Gasteiger charge is -2.32. The number of rotatable bonds is 14. The molecule has 0 aliphatic carbocycles. The normalized spacial score (nSPS) is 16.9. The molecule has 0 bridgehead atoms. The van der Waals surface area contributed by atoms with Crippen molar-refractivity contribution in [3.05, 3.63) is 0 Å². The van der Waals surface area contributed by atoms with E-state index in [0.717, 1.165) is 12.8 Å². The fraction of sp³-hybridized carbons (Fsp3) is 0.955. The molecule has 0 N–H and O–H groups in total. The van der Waals surface area contributed by atoms with Gasteiger partial charge in [-0.3, -0.25) is 4.79 Å². The summed E-state index contributed by atoms with van der Waals surface area (Å²) in [6.07, 6.45) is 14.5. The molecule has 0 unspecified atom stereocenters. The minimum atomic E-state index is 0.216. The summed E-state index contributed by atoms with van der Waals surface area (Å²) in [7, 11) is 0. The van der Waals surface area contributed by atoms with E-state index in [1.54, 1.807) is 0 Å². The second kappa shape index (κ2) is 13.7. The highest BCUT2D eigenvalue weighted by molar-refractivity contribution is 5.80. The van der Waals surface area contributed by atoms with Crippen LogP contribution in [0.25, 0.3) is 0 Å². The molecule has 0 aromatic rings. The van der Waals surface area contributed by atoms with Crippen LogP contribution in [0.15, 0.2) is 0 Å². The van der Waals surface area contributed by atoms with Gasteiger partial charge in [-0.1, -0.05) is 52.4 Å². The Hall–Kier alpha value is -0.410. The summed E-state index contributed by atoms with van der Waals surface area (Å²) in [5, 5.41) is 0. The van der Waals surface area contributed by atoms with Crippen molar-refractivity contribution in [3.63, 3.8) is 0 Å². The van der Waals surface area contributed by atoms with Crippen LogP contribution in [0.4, 0.5) is 0 Å². The van der Waals surface area contributed by atoms with E-state index in [9.17, 15) is 4.79 Å². The number of nitrogens with zero attached hydrogens (tertiary/aromatic N) is 1. The van der Waals surface area contributed by atoms with Gasteiger partial charge in [0.2, 0.25) is 0 Å². The fourth-order valence-corrected chi connectivity index (χ4v) is 3.64. The van der Waals surface area contributed by atoms with Crippen LogP contribution in [0.1, 0.15) is 98.3 Å². The average molecular weight is 354 g/mol. The van der Waals surface area contributed by atoms with Gasteiger partial charge in [0.1, 0.15) is 5.78 Å². The minimum Gasteiger partial charge on any atom is -0.375 e. The Morgan fingerprint density at radius 3 is 1.92 bits per heavy atom. The Morgan fingerprint density at radius 2 is 1.40 bits per heavy atom. The number of carbonyl (C=O) groups excluding carboxylic acids is 1. The van der Waals surface area contributed by atoms with Gasteiger partial charge in [0.15, 0.2) is 0 Å². The number of hydrogen-bond acceptors (Lipinski definition) is 3. The topological polar surface area (TPSA) is 29.5 Å². The lowest BCUT2D eigenvalue weighted by atomic mass is 10.0. The Balaban J connectivity index is 1.84. The highest BCUT2D eigenvalue weighted by Gasteiger charge is 2.19. The molecule has 0 amide bonds. The molecule has 1 fully saturated rings. The van der Waals surface area contributed by atoms with Gasteiger partial charge in [0.25, 0.3) is 0 Å². The number of unbranched alkanes of at least 4 members (excludes halogenated alkanes) is 7. The molecule has 0 saturated carbocycles. The number of Topliss-reactive ketones (excluding diaryl/α,β-unsaturated/α-hetero) is 1. The SMILES string of the molecule is CC(C)OC1CCN(CCCCCCCCCCC(=O)C(C)C)CC1. The number of ether oxygens (including phenoxy) is 1. The van der Waals surface area contributed by atoms with E-state index in [0.29, 0.717) is 18.0 Å². The summed E-state index contributed by atoms with van der Waals surface area (Å²) in [5.74, 6) is 0.647. The van der Waals surface area contributed by atoms with Crippen LogP contribution in [0, 0.1) is 5.92 Å². The summed E-state index contributed by atoms with van der Waals surface area (Å²) in [5.41, 5.74) is 0. The molecule has 0 atom stereocenters. The molecule has 1 heterocycles. The van der Waals surface area contributed by atoms with Crippen LogP contribution in [0.2, 0.25) is 0 Å². The van der Waals surface area contributed by atoms with E-state index in [1.807, 2.05) is 13.8 Å². The van der Waals surface area contributed by atoms with Gasteiger partial charge < -0.3 is 9.64 Å². The lowest BCUT2D eigenvalue weighted by molar-refractivity contribution is -0.122. The predicted octanol–water partition coefficient (Wildman–Crippen LogP) is 5.61. The Labute approximate surface area is 156 Å². The van der Waals surface area contributed by atoms with Crippen molar-refractivity contribution in [2.75, 3.05) is 19.6 Å². The maximum absolute atomic E-state index is 11.5. The minimum absolute atomic E-state index is 0.216. The van der Waals surface area contributed by atoms with Gasteiger partial charge >= 0.3 is 0 Å². The van der Waals surface area contributed by atoms with Gasteiger partial charge in [0, 0.05) is 25.4 Å². The maximum atomic E-state index is 11.5. The molecule has 0 aromatic carbocycles. The Kier molecular flexibility index (Phi) is 12.4. The average Bonchev–Trinajstić information content (AvgIpc) is 2.57. The maximum Gasteiger partial charge on any atom is 0.135 e. The van der Waals surface area contributed by atoms with Crippen molar-refractivity contribution in [1.82, 2.24) is 4.90 Å². The Morgan fingerprint density at radius 1 is 0.880 bits per heavy atom. The van der Waals surface area contributed by atoms with Crippen molar-refractivity contribution in [1.29, 1.82) is 0 Å². The van der Waals surface area contributed by atoms with Gasteiger partial charge in [-0.2, -0.15) is 0 Å². The predicted molar refractivity (Wildman–Crippen MR) is 107 cm³/mol. The van der Waals surface area contributed by atoms with E-state index < -0.39 is 0 Å². The monoisotopic (exact) mass is 353 g/mol. The van der Waals surface area contributed by atoms with Crippen molar-refractivity contribution in [2.45, 2.75) is 111 Å². The molecule has 3 heteroatoms. The van der Waals surface area contributed by atoms with Crippen LogP contribution in [0.3, 0.4) is 0 Å². The summed E-state index contributed by atoms with van der Waals surface area (Å²) >= 11 is 0. The van der Waals surface area contributed by atoms with Crippen molar-refractivity contribution in [3.8, 4) is 0 Å². The molecule has 1 saturated heterocycles. The molecule has 1 aliphatic rings. The number of likely N-dealkylation sites (tertiary alicyclic amines) is 1. The van der Waals surface area contributed by atoms with Crippen LogP contribution in [-0.2, 0) is 9.53 Å². The molecule has 1 aliphatic heterocycles.